The first-order valence-electron chi connectivity index (χ1n) is 10.2. The van der Waals surface area contributed by atoms with Crippen LogP contribution in [0.1, 0.15) is 82.8 Å². The first kappa shape index (κ1) is 20.8. The number of ether oxygens (including phenoxy) is 2. The van der Waals surface area contributed by atoms with Crippen LogP contribution in [-0.4, -0.2) is 24.0 Å². The third-order valence-electron chi connectivity index (χ3n) is 5.27. The maximum absolute atomic E-state index is 11.8. The van der Waals surface area contributed by atoms with Crippen molar-refractivity contribution < 1.29 is 19.4 Å². The predicted molar refractivity (Wildman–Crippen MR) is 103 cm³/mol. The van der Waals surface area contributed by atoms with Crippen LogP contribution in [0.3, 0.4) is 0 Å². The summed E-state index contributed by atoms with van der Waals surface area (Å²) in [5.41, 5.74) is 1.46. The summed E-state index contributed by atoms with van der Waals surface area (Å²) in [6.45, 7) is 4.75. The molecular weight excluding hydrogens is 328 g/mol. The van der Waals surface area contributed by atoms with Crippen LogP contribution in [0.4, 0.5) is 4.79 Å². The molecule has 0 aliphatic heterocycles. The molecule has 0 spiro atoms. The van der Waals surface area contributed by atoms with Crippen molar-refractivity contribution in [3.05, 3.63) is 35.4 Å². The third kappa shape index (κ3) is 6.31. The van der Waals surface area contributed by atoms with Gasteiger partial charge in [0.2, 0.25) is 0 Å². The number of carbonyl (C=O) groups is 1. The standard InChI is InChI=1S/C22H34O4/c1-3-5-6-7-17-25-21(23)26-20-13-15-22(24,16-14-20)19-11-9-18(8-4-2)10-12-19/h9-12,20,24H,3-8,13-17H2,1-2H3. The van der Waals surface area contributed by atoms with Crippen LogP contribution in [0.5, 0.6) is 0 Å². The van der Waals surface area contributed by atoms with Gasteiger partial charge in [0.25, 0.3) is 0 Å². The van der Waals surface area contributed by atoms with Gasteiger partial charge in [-0.1, -0.05) is 63.8 Å². The van der Waals surface area contributed by atoms with Crippen LogP contribution < -0.4 is 0 Å². The first-order chi connectivity index (χ1) is 12.6. The van der Waals surface area contributed by atoms with E-state index < -0.39 is 11.8 Å². The molecule has 1 aliphatic carbocycles. The van der Waals surface area contributed by atoms with Gasteiger partial charge in [-0.2, -0.15) is 0 Å². The summed E-state index contributed by atoms with van der Waals surface area (Å²) >= 11 is 0. The number of carbonyl (C=O) groups excluding carboxylic acids is 1. The number of unbranched alkanes of at least 4 members (excludes halogenated alkanes) is 3. The van der Waals surface area contributed by atoms with Crippen molar-refractivity contribution in [3.63, 3.8) is 0 Å². The van der Waals surface area contributed by atoms with Crippen molar-refractivity contribution in [2.24, 2.45) is 0 Å². The van der Waals surface area contributed by atoms with Crippen molar-refractivity contribution in [2.45, 2.75) is 89.8 Å². The lowest BCUT2D eigenvalue weighted by atomic mass is 9.78. The van der Waals surface area contributed by atoms with Gasteiger partial charge in [-0.3, -0.25) is 0 Å². The fourth-order valence-corrected chi connectivity index (χ4v) is 3.60. The minimum atomic E-state index is -0.811. The largest absolute Gasteiger partial charge is 0.508 e. The van der Waals surface area contributed by atoms with E-state index in [2.05, 4.69) is 26.0 Å². The topological polar surface area (TPSA) is 55.8 Å². The minimum absolute atomic E-state index is 0.155. The van der Waals surface area contributed by atoms with Gasteiger partial charge in [0.05, 0.1) is 12.2 Å². The van der Waals surface area contributed by atoms with Crippen LogP contribution in [-0.2, 0) is 21.5 Å². The molecule has 2 rings (SSSR count). The lowest BCUT2D eigenvalue weighted by Crippen LogP contribution is -2.35. The maximum Gasteiger partial charge on any atom is 0.508 e. The summed E-state index contributed by atoms with van der Waals surface area (Å²) in [6.07, 6.45) is 8.30. The van der Waals surface area contributed by atoms with E-state index in [1.165, 1.54) is 12.0 Å². The molecule has 0 aromatic heterocycles. The number of hydrogen-bond donors (Lipinski definition) is 1. The van der Waals surface area contributed by atoms with E-state index in [1.807, 2.05) is 12.1 Å². The van der Waals surface area contributed by atoms with E-state index in [-0.39, 0.29) is 6.10 Å². The molecule has 0 amide bonds. The van der Waals surface area contributed by atoms with Gasteiger partial charge in [0, 0.05) is 0 Å². The number of aryl methyl sites for hydroxylation is 1. The first-order valence-corrected chi connectivity index (χ1v) is 10.2. The summed E-state index contributed by atoms with van der Waals surface area (Å²) < 4.78 is 10.5. The van der Waals surface area contributed by atoms with E-state index in [0.717, 1.165) is 37.7 Å². The lowest BCUT2D eigenvalue weighted by molar-refractivity contribution is -0.0538. The number of benzene rings is 1. The van der Waals surface area contributed by atoms with Crippen LogP contribution in [0.2, 0.25) is 0 Å². The molecule has 146 valence electrons. The molecule has 0 heterocycles. The van der Waals surface area contributed by atoms with E-state index in [1.54, 1.807) is 0 Å². The molecule has 1 fully saturated rings. The summed E-state index contributed by atoms with van der Waals surface area (Å²) in [7, 11) is 0. The van der Waals surface area contributed by atoms with Crippen molar-refractivity contribution in [1.29, 1.82) is 0 Å². The summed E-state index contributed by atoms with van der Waals surface area (Å²) in [5.74, 6) is 0. The molecule has 0 saturated heterocycles. The SMILES string of the molecule is CCCCCCOC(=O)OC1CCC(O)(c2ccc(CCC)cc2)CC1. The molecule has 0 unspecified atom stereocenters. The molecule has 1 saturated carbocycles. The Morgan fingerprint density at radius 1 is 1.08 bits per heavy atom. The van der Waals surface area contributed by atoms with Gasteiger partial charge in [0.15, 0.2) is 0 Å². The highest BCUT2D eigenvalue weighted by atomic mass is 16.7. The molecule has 0 radical (unpaired) electrons. The minimum Gasteiger partial charge on any atom is -0.434 e. The fourth-order valence-electron chi connectivity index (χ4n) is 3.60. The van der Waals surface area contributed by atoms with E-state index in [4.69, 9.17) is 9.47 Å². The van der Waals surface area contributed by atoms with E-state index >= 15 is 0 Å². The Hall–Kier alpha value is -1.55. The molecule has 0 bridgehead atoms. The Labute approximate surface area is 157 Å². The highest BCUT2D eigenvalue weighted by molar-refractivity contribution is 5.60. The Kier molecular flexibility index (Phi) is 8.43. The third-order valence-corrected chi connectivity index (χ3v) is 5.27. The molecule has 1 N–H and O–H groups in total. The zero-order valence-corrected chi connectivity index (χ0v) is 16.3. The van der Waals surface area contributed by atoms with Gasteiger partial charge in [-0.25, -0.2) is 4.79 Å². The molecule has 26 heavy (non-hydrogen) atoms. The normalized spacial score (nSPS) is 22.8. The Bertz CT molecular complexity index is 530. The molecule has 1 aliphatic rings. The molecule has 0 atom stereocenters. The number of rotatable bonds is 9. The quantitative estimate of drug-likeness (QED) is 0.465. The zero-order chi connectivity index (χ0) is 18.8. The average molecular weight is 363 g/mol. The molecular formula is C22H34O4. The van der Waals surface area contributed by atoms with Crippen molar-refractivity contribution in [2.75, 3.05) is 6.61 Å². The molecule has 1 aromatic rings. The number of aliphatic hydroxyl groups is 1. The zero-order valence-electron chi connectivity index (χ0n) is 16.3. The van der Waals surface area contributed by atoms with Crippen molar-refractivity contribution >= 4 is 6.16 Å². The average Bonchev–Trinajstić information content (AvgIpc) is 2.64. The fraction of sp³-hybridized carbons (Fsp3) is 0.682. The van der Waals surface area contributed by atoms with Gasteiger partial charge in [-0.05, 0) is 49.7 Å². The second-order valence-electron chi connectivity index (χ2n) is 7.45. The smallest absolute Gasteiger partial charge is 0.434 e. The summed E-state index contributed by atoms with van der Waals surface area (Å²) in [4.78, 5) is 11.8. The second kappa shape index (κ2) is 10.6. The van der Waals surface area contributed by atoms with Gasteiger partial charge in [0.1, 0.15) is 6.10 Å². The van der Waals surface area contributed by atoms with E-state index in [9.17, 15) is 9.90 Å². The van der Waals surface area contributed by atoms with E-state index in [0.29, 0.717) is 32.3 Å². The number of hydrogen-bond acceptors (Lipinski definition) is 4. The van der Waals surface area contributed by atoms with Crippen LogP contribution in [0.15, 0.2) is 24.3 Å². The predicted octanol–water partition coefficient (Wildman–Crippen LogP) is 5.50. The molecule has 4 heteroatoms. The van der Waals surface area contributed by atoms with Crippen molar-refractivity contribution in [3.8, 4) is 0 Å². The summed E-state index contributed by atoms with van der Waals surface area (Å²) in [6, 6.07) is 8.29. The Balaban J connectivity index is 1.74. The Morgan fingerprint density at radius 3 is 2.38 bits per heavy atom. The van der Waals surface area contributed by atoms with Gasteiger partial charge < -0.3 is 14.6 Å². The highest BCUT2D eigenvalue weighted by Crippen LogP contribution is 2.38. The van der Waals surface area contributed by atoms with Crippen LogP contribution in [0, 0.1) is 0 Å². The van der Waals surface area contributed by atoms with Gasteiger partial charge >= 0.3 is 6.16 Å². The second-order valence-corrected chi connectivity index (χ2v) is 7.45. The molecule has 1 aromatic carbocycles. The monoisotopic (exact) mass is 362 g/mol. The lowest BCUT2D eigenvalue weighted by Gasteiger charge is -2.36. The Morgan fingerprint density at radius 2 is 1.77 bits per heavy atom. The van der Waals surface area contributed by atoms with Crippen molar-refractivity contribution in [1.82, 2.24) is 0 Å². The highest BCUT2D eigenvalue weighted by Gasteiger charge is 2.36. The maximum atomic E-state index is 11.8. The molecule has 4 nitrogen and oxygen atoms in total. The van der Waals surface area contributed by atoms with Crippen LogP contribution in [0.25, 0.3) is 0 Å². The summed E-state index contributed by atoms with van der Waals surface area (Å²) in [5, 5.41) is 11.0. The van der Waals surface area contributed by atoms with Crippen LogP contribution >= 0.6 is 0 Å². The van der Waals surface area contributed by atoms with Gasteiger partial charge in [-0.15, -0.1) is 0 Å².